The molecule has 0 aliphatic heterocycles. The van der Waals surface area contributed by atoms with E-state index in [4.69, 9.17) is 31.2 Å². The zero-order chi connectivity index (χ0) is 22.5. The van der Waals surface area contributed by atoms with Crippen LogP contribution in [0.3, 0.4) is 0 Å². The molecule has 1 aliphatic rings. The number of thiophene rings is 1. The summed E-state index contributed by atoms with van der Waals surface area (Å²) < 4.78 is 20.8. The molecule has 0 atom stereocenters. The van der Waals surface area contributed by atoms with Gasteiger partial charge in [-0.05, 0) is 55.6 Å². The number of methoxy groups -OCH3 is 4. The first-order valence-corrected chi connectivity index (χ1v) is 10.8. The van der Waals surface area contributed by atoms with Gasteiger partial charge in [-0.1, -0.05) is 0 Å². The molecule has 0 unspecified atom stereocenters. The van der Waals surface area contributed by atoms with Gasteiger partial charge in [0.15, 0.2) is 16.6 Å². The van der Waals surface area contributed by atoms with Gasteiger partial charge in [-0.25, -0.2) is 4.79 Å². The number of rotatable bonds is 6. The van der Waals surface area contributed by atoms with Crippen LogP contribution in [-0.4, -0.2) is 45.4 Å². The largest absolute Gasteiger partial charge is 0.493 e. The number of aryl methyl sites for hydroxylation is 1. The molecule has 1 amide bonds. The van der Waals surface area contributed by atoms with Crippen molar-refractivity contribution in [3.8, 4) is 17.2 Å². The summed E-state index contributed by atoms with van der Waals surface area (Å²) in [5.41, 5.74) is 1.77. The van der Waals surface area contributed by atoms with Crippen LogP contribution >= 0.6 is 23.6 Å². The van der Waals surface area contributed by atoms with E-state index < -0.39 is 11.9 Å². The van der Waals surface area contributed by atoms with Crippen molar-refractivity contribution in [2.24, 2.45) is 0 Å². The molecule has 0 radical (unpaired) electrons. The summed E-state index contributed by atoms with van der Waals surface area (Å²) in [5.74, 6) is 0.210. The van der Waals surface area contributed by atoms with Crippen LogP contribution in [0.15, 0.2) is 12.1 Å². The zero-order valence-electron chi connectivity index (χ0n) is 17.7. The predicted molar refractivity (Wildman–Crippen MR) is 122 cm³/mol. The van der Waals surface area contributed by atoms with Crippen molar-refractivity contribution < 1.29 is 28.5 Å². The Bertz CT molecular complexity index is 993. The molecule has 1 aromatic heterocycles. The first-order chi connectivity index (χ1) is 14.9. The van der Waals surface area contributed by atoms with Crippen molar-refractivity contribution in [2.75, 3.05) is 33.8 Å². The van der Waals surface area contributed by atoms with Crippen LogP contribution in [0.2, 0.25) is 0 Å². The Morgan fingerprint density at radius 2 is 1.65 bits per heavy atom. The van der Waals surface area contributed by atoms with E-state index >= 15 is 0 Å². The lowest BCUT2D eigenvalue weighted by Crippen LogP contribution is -2.34. The average molecular weight is 465 g/mol. The Labute approximate surface area is 189 Å². The first-order valence-electron chi connectivity index (χ1n) is 9.58. The number of fused-ring (bicyclic) bond motifs is 1. The number of carbonyl (C=O) groups excluding carboxylic acids is 2. The monoisotopic (exact) mass is 464 g/mol. The maximum absolute atomic E-state index is 12.8. The number of nitrogens with one attached hydrogen (secondary N) is 2. The van der Waals surface area contributed by atoms with Gasteiger partial charge in [0.05, 0.1) is 34.0 Å². The Kier molecular flexibility index (Phi) is 7.34. The van der Waals surface area contributed by atoms with Gasteiger partial charge in [0.1, 0.15) is 5.00 Å². The molecule has 2 N–H and O–H groups in total. The molecule has 0 fully saturated rings. The molecule has 166 valence electrons. The number of benzene rings is 1. The fourth-order valence-corrected chi connectivity index (χ4v) is 5.03. The fraction of sp³-hybridized carbons (Fsp3) is 0.381. The van der Waals surface area contributed by atoms with Crippen LogP contribution < -0.4 is 24.8 Å². The molecule has 1 heterocycles. The third-order valence-corrected chi connectivity index (χ3v) is 6.35. The SMILES string of the molecule is COC(=O)c1c(NC(=S)NC(=O)c2cc(OC)c(OC)c(OC)c2)sc2c1CCCC2. The van der Waals surface area contributed by atoms with Gasteiger partial charge < -0.3 is 24.3 Å². The molecular weight excluding hydrogens is 440 g/mol. The molecule has 1 aromatic carbocycles. The highest BCUT2D eigenvalue weighted by atomic mass is 32.1. The topological polar surface area (TPSA) is 95.1 Å². The highest BCUT2D eigenvalue weighted by molar-refractivity contribution is 7.80. The average Bonchev–Trinajstić information content (AvgIpc) is 3.14. The molecule has 0 saturated heterocycles. The molecular formula is C21H24N2O6S2. The number of thiocarbonyl (C=S) groups is 1. The number of anilines is 1. The normalized spacial score (nSPS) is 12.4. The van der Waals surface area contributed by atoms with E-state index in [9.17, 15) is 9.59 Å². The van der Waals surface area contributed by atoms with Crippen LogP contribution in [0.25, 0.3) is 0 Å². The number of hydrogen-bond acceptors (Lipinski definition) is 8. The summed E-state index contributed by atoms with van der Waals surface area (Å²) in [6.45, 7) is 0. The summed E-state index contributed by atoms with van der Waals surface area (Å²) in [7, 11) is 5.78. The summed E-state index contributed by atoms with van der Waals surface area (Å²) in [5, 5.41) is 6.28. The van der Waals surface area contributed by atoms with E-state index in [1.807, 2.05) is 0 Å². The van der Waals surface area contributed by atoms with Crippen molar-refractivity contribution in [1.29, 1.82) is 0 Å². The predicted octanol–water partition coefficient (Wildman–Crippen LogP) is 3.57. The number of carbonyl (C=O) groups is 2. The van der Waals surface area contributed by atoms with Crippen LogP contribution in [-0.2, 0) is 17.6 Å². The van der Waals surface area contributed by atoms with Crippen molar-refractivity contribution in [3.63, 3.8) is 0 Å². The molecule has 1 aliphatic carbocycles. The molecule has 31 heavy (non-hydrogen) atoms. The highest BCUT2D eigenvalue weighted by Gasteiger charge is 2.27. The molecule has 8 nitrogen and oxygen atoms in total. The Morgan fingerprint density at radius 1 is 1.00 bits per heavy atom. The quantitative estimate of drug-likeness (QED) is 0.495. The van der Waals surface area contributed by atoms with E-state index in [1.165, 1.54) is 51.9 Å². The minimum absolute atomic E-state index is 0.0718. The smallest absolute Gasteiger partial charge is 0.341 e. The van der Waals surface area contributed by atoms with Gasteiger partial charge >= 0.3 is 5.97 Å². The summed E-state index contributed by atoms with van der Waals surface area (Å²) >= 11 is 6.80. The van der Waals surface area contributed by atoms with Crippen LogP contribution in [0.4, 0.5) is 5.00 Å². The molecule has 10 heteroatoms. The minimum Gasteiger partial charge on any atom is -0.493 e. The zero-order valence-corrected chi connectivity index (χ0v) is 19.4. The highest BCUT2D eigenvalue weighted by Crippen LogP contribution is 2.39. The van der Waals surface area contributed by atoms with E-state index in [1.54, 1.807) is 0 Å². The Balaban J connectivity index is 1.81. The fourth-order valence-electron chi connectivity index (χ4n) is 3.49. The number of hydrogen-bond donors (Lipinski definition) is 2. The molecule has 3 rings (SSSR count). The van der Waals surface area contributed by atoms with Crippen molar-refractivity contribution >= 4 is 45.5 Å². The van der Waals surface area contributed by atoms with Gasteiger partial charge in [0.25, 0.3) is 5.91 Å². The summed E-state index contributed by atoms with van der Waals surface area (Å²) in [6, 6.07) is 3.06. The Hall–Kier alpha value is -2.85. The van der Waals surface area contributed by atoms with Crippen LogP contribution in [0, 0.1) is 0 Å². The maximum Gasteiger partial charge on any atom is 0.341 e. The van der Waals surface area contributed by atoms with Gasteiger partial charge in [-0.2, -0.15) is 0 Å². The van der Waals surface area contributed by atoms with E-state index in [-0.39, 0.29) is 10.7 Å². The number of ether oxygens (including phenoxy) is 4. The minimum atomic E-state index is -0.460. The van der Waals surface area contributed by atoms with Gasteiger partial charge in [-0.15, -0.1) is 11.3 Å². The molecule has 0 spiro atoms. The molecule has 2 aromatic rings. The lowest BCUT2D eigenvalue weighted by atomic mass is 9.95. The van der Waals surface area contributed by atoms with E-state index in [0.29, 0.717) is 27.8 Å². The third kappa shape index (κ3) is 4.75. The molecule has 0 saturated carbocycles. The maximum atomic E-state index is 12.8. The summed E-state index contributed by atoms with van der Waals surface area (Å²) in [6.07, 6.45) is 3.84. The van der Waals surface area contributed by atoms with Crippen LogP contribution in [0.5, 0.6) is 17.2 Å². The van der Waals surface area contributed by atoms with Crippen molar-refractivity contribution in [3.05, 3.63) is 33.7 Å². The first kappa shape index (κ1) is 22.8. The lowest BCUT2D eigenvalue weighted by Gasteiger charge is -2.15. The third-order valence-electron chi connectivity index (χ3n) is 4.94. The Morgan fingerprint density at radius 3 is 2.23 bits per heavy atom. The van der Waals surface area contributed by atoms with Crippen LogP contribution in [0.1, 0.15) is 44.0 Å². The van der Waals surface area contributed by atoms with Crippen molar-refractivity contribution in [2.45, 2.75) is 25.7 Å². The second-order valence-corrected chi connectivity index (χ2v) is 8.24. The standard InChI is InChI=1S/C21H24N2O6S2/c1-26-13-9-11(10-14(27-2)17(13)28-3)18(24)22-21(30)23-19-16(20(25)29-4)12-7-5-6-8-15(12)31-19/h9-10H,5-8H2,1-4H3,(H2,22,23,24,30). The number of esters is 1. The van der Waals surface area contributed by atoms with Gasteiger partial charge in [0, 0.05) is 10.4 Å². The van der Waals surface area contributed by atoms with Crippen molar-refractivity contribution in [1.82, 2.24) is 5.32 Å². The summed E-state index contributed by atoms with van der Waals surface area (Å²) in [4.78, 5) is 26.3. The van der Waals surface area contributed by atoms with E-state index in [2.05, 4.69) is 10.6 Å². The lowest BCUT2D eigenvalue weighted by molar-refractivity contribution is 0.0601. The second-order valence-electron chi connectivity index (χ2n) is 6.73. The molecule has 0 bridgehead atoms. The van der Waals surface area contributed by atoms with Gasteiger partial charge in [-0.3, -0.25) is 10.1 Å². The number of amides is 1. The second kappa shape index (κ2) is 9.97. The van der Waals surface area contributed by atoms with Gasteiger partial charge in [0.2, 0.25) is 5.75 Å². The van der Waals surface area contributed by atoms with E-state index in [0.717, 1.165) is 36.1 Å².